The summed E-state index contributed by atoms with van der Waals surface area (Å²) in [6.07, 6.45) is 0. The molecule has 0 spiro atoms. The van der Waals surface area contributed by atoms with Crippen molar-refractivity contribution in [3.63, 3.8) is 0 Å². The number of aromatic nitrogens is 4. The van der Waals surface area contributed by atoms with Gasteiger partial charge in [0.2, 0.25) is 5.82 Å². The van der Waals surface area contributed by atoms with Crippen molar-refractivity contribution in [3.05, 3.63) is 58.6 Å². The maximum absolute atomic E-state index is 10.8. The molecule has 0 saturated carbocycles. The van der Waals surface area contributed by atoms with Gasteiger partial charge in [-0.3, -0.25) is 9.89 Å². The third-order valence-electron chi connectivity index (χ3n) is 3.93. The molecular weight excluding hydrogens is 417 g/mol. The third-order valence-corrected chi connectivity index (χ3v) is 4.48. The highest BCUT2D eigenvalue weighted by atomic mass is 35.5. The van der Waals surface area contributed by atoms with Crippen molar-refractivity contribution in [1.29, 1.82) is 0 Å². The molecule has 1 amide bonds. The number of nitrogens with one attached hydrogen (secondary N) is 1. The van der Waals surface area contributed by atoms with Crippen LogP contribution in [-0.2, 0) is 4.79 Å². The minimum atomic E-state index is -0.546. The zero-order valence-electron chi connectivity index (χ0n) is 14.7. The van der Waals surface area contributed by atoms with Crippen molar-refractivity contribution < 1.29 is 14.1 Å². The third kappa shape index (κ3) is 4.23. The molecule has 4 aromatic rings. The number of hydrogen-bond donors (Lipinski definition) is 2. The van der Waals surface area contributed by atoms with Crippen molar-refractivity contribution in [2.24, 2.45) is 5.73 Å². The van der Waals surface area contributed by atoms with Crippen LogP contribution in [0.4, 0.5) is 0 Å². The first-order valence-electron chi connectivity index (χ1n) is 8.36. The number of carbonyl (C=O) groups is 1. The summed E-state index contributed by atoms with van der Waals surface area (Å²) in [5.74, 6) is 0.630. The van der Waals surface area contributed by atoms with Gasteiger partial charge in [0.05, 0.1) is 10.7 Å². The van der Waals surface area contributed by atoms with Crippen LogP contribution in [0, 0.1) is 0 Å². The summed E-state index contributed by atoms with van der Waals surface area (Å²) in [5, 5.41) is 12.1. The number of primary amides is 1. The lowest BCUT2D eigenvalue weighted by molar-refractivity contribution is -0.119. The second-order valence-corrected chi connectivity index (χ2v) is 6.84. The van der Waals surface area contributed by atoms with E-state index in [0.717, 1.165) is 5.56 Å². The van der Waals surface area contributed by atoms with Gasteiger partial charge in [0, 0.05) is 16.1 Å². The van der Waals surface area contributed by atoms with E-state index in [1.54, 1.807) is 48.5 Å². The molecule has 4 rings (SSSR count). The maximum Gasteiger partial charge on any atom is 0.276 e. The molecule has 0 fully saturated rings. The summed E-state index contributed by atoms with van der Waals surface area (Å²) in [7, 11) is 0. The van der Waals surface area contributed by atoms with Gasteiger partial charge < -0.3 is 15.0 Å². The van der Waals surface area contributed by atoms with Gasteiger partial charge in [-0.2, -0.15) is 10.1 Å². The molecule has 0 atom stereocenters. The van der Waals surface area contributed by atoms with Crippen LogP contribution >= 0.6 is 23.2 Å². The number of rotatable bonds is 6. The summed E-state index contributed by atoms with van der Waals surface area (Å²) in [6.45, 7) is -0.189. The number of halogens is 2. The van der Waals surface area contributed by atoms with E-state index >= 15 is 0 Å². The first kappa shape index (κ1) is 19.0. The fourth-order valence-electron chi connectivity index (χ4n) is 2.57. The van der Waals surface area contributed by atoms with E-state index in [2.05, 4.69) is 20.3 Å². The number of ether oxygens (including phenoxy) is 1. The number of H-pyrrole nitrogens is 1. The normalized spacial score (nSPS) is 10.8. The number of hydrogen-bond acceptors (Lipinski definition) is 6. The van der Waals surface area contributed by atoms with Gasteiger partial charge in [0.15, 0.2) is 6.61 Å². The van der Waals surface area contributed by atoms with Crippen LogP contribution in [0.5, 0.6) is 5.75 Å². The van der Waals surface area contributed by atoms with Gasteiger partial charge >= 0.3 is 0 Å². The second kappa shape index (κ2) is 7.94. The lowest BCUT2D eigenvalue weighted by Gasteiger charge is -2.03. The quantitative estimate of drug-likeness (QED) is 0.478. The van der Waals surface area contributed by atoms with E-state index < -0.39 is 5.91 Å². The Bertz CT molecular complexity index is 1170. The Labute approximate surface area is 174 Å². The molecule has 10 heteroatoms. The van der Waals surface area contributed by atoms with E-state index in [1.165, 1.54) is 0 Å². The van der Waals surface area contributed by atoms with Gasteiger partial charge in [-0.1, -0.05) is 28.4 Å². The Kier molecular flexibility index (Phi) is 5.20. The van der Waals surface area contributed by atoms with Crippen molar-refractivity contribution in [1.82, 2.24) is 20.3 Å². The number of carbonyl (C=O) groups excluding carboxylic acids is 1. The highest BCUT2D eigenvalue weighted by Crippen LogP contribution is 2.31. The molecule has 0 aliphatic heterocycles. The van der Waals surface area contributed by atoms with Crippen molar-refractivity contribution in [2.75, 3.05) is 6.61 Å². The predicted octanol–water partition coefficient (Wildman–Crippen LogP) is 3.96. The monoisotopic (exact) mass is 429 g/mol. The molecule has 8 nitrogen and oxygen atoms in total. The van der Waals surface area contributed by atoms with Crippen LogP contribution in [-0.4, -0.2) is 32.9 Å². The SMILES string of the molecule is NC(=O)COc1ccc(-c2noc(-c3cc(-c4ccc(Cl)cc4Cl)n[nH]3)n2)cc1. The maximum atomic E-state index is 10.8. The number of nitrogens with two attached hydrogens (primary N) is 1. The molecule has 29 heavy (non-hydrogen) atoms. The molecule has 3 N–H and O–H groups in total. The summed E-state index contributed by atoms with van der Waals surface area (Å²) in [5.41, 5.74) is 7.67. The van der Waals surface area contributed by atoms with Crippen LogP contribution in [0.2, 0.25) is 10.0 Å². The molecule has 2 aromatic heterocycles. The molecule has 0 aliphatic rings. The van der Waals surface area contributed by atoms with E-state index in [-0.39, 0.29) is 12.5 Å². The molecule has 2 heterocycles. The lowest BCUT2D eigenvalue weighted by atomic mass is 10.1. The second-order valence-electron chi connectivity index (χ2n) is 5.99. The number of benzene rings is 2. The van der Waals surface area contributed by atoms with Crippen LogP contribution in [0.15, 0.2) is 53.1 Å². The number of aromatic amines is 1. The molecule has 146 valence electrons. The topological polar surface area (TPSA) is 120 Å². The van der Waals surface area contributed by atoms with Gasteiger partial charge in [-0.25, -0.2) is 0 Å². The van der Waals surface area contributed by atoms with E-state index in [0.29, 0.717) is 38.6 Å². The van der Waals surface area contributed by atoms with Gasteiger partial charge in [0.25, 0.3) is 11.8 Å². The largest absolute Gasteiger partial charge is 0.484 e. The highest BCUT2D eigenvalue weighted by Gasteiger charge is 2.15. The molecule has 2 aromatic carbocycles. The first-order valence-corrected chi connectivity index (χ1v) is 9.11. The fraction of sp³-hybridized carbons (Fsp3) is 0.0526. The lowest BCUT2D eigenvalue weighted by Crippen LogP contribution is -2.19. The zero-order chi connectivity index (χ0) is 20.4. The van der Waals surface area contributed by atoms with Crippen LogP contribution < -0.4 is 10.5 Å². The first-order chi connectivity index (χ1) is 14.0. The van der Waals surface area contributed by atoms with Gasteiger partial charge in [-0.05, 0) is 48.5 Å². The Morgan fingerprint density at radius 3 is 2.66 bits per heavy atom. The van der Waals surface area contributed by atoms with Crippen LogP contribution in [0.1, 0.15) is 0 Å². The molecular formula is C19H13Cl2N5O3. The molecule has 0 radical (unpaired) electrons. The fourth-order valence-corrected chi connectivity index (χ4v) is 3.08. The zero-order valence-corrected chi connectivity index (χ0v) is 16.2. The Morgan fingerprint density at radius 1 is 1.14 bits per heavy atom. The van der Waals surface area contributed by atoms with E-state index in [4.69, 9.17) is 38.2 Å². The molecule has 0 saturated heterocycles. The van der Waals surface area contributed by atoms with Crippen molar-refractivity contribution in [3.8, 4) is 40.0 Å². The standard InChI is InChI=1S/C19H13Cl2N5O3/c20-11-3-6-13(14(21)7-11)15-8-16(25-24-15)19-23-18(26-29-19)10-1-4-12(5-2-10)28-9-17(22)27/h1-8H,9H2,(H2,22,27)(H,24,25). The molecule has 0 aliphatic carbocycles. The summed E-state index contributed by atoms with van der Waals surface area (Å²) in [6, 6.07) is 13.8. The summed E-state index contributed by atoms with van der Waals surface area (Å²) >= 11 is 12.2. The van der Waals surface area contributed by atoms with E-state index in [9.17, 15) is 4.79 Å². The highest BCUT2D eigenvalue weighted by molar-refractivity contribution is 6.36. The Balaban J connectivity index is 1.54. The Hall–Kier alpha value is -3.36. The minimum Gasteiger partial charge on any atom is -0.484 e. The minimum absolute atomic E-state index is 0.189. The number of nitrogens with zero attached hydrogens (tertiary/aromatic N) is 3. The van der Waals surface area contributed by atoms with Crippen molar-refractivity contribution >= 4 is 29.1 Å². The molecule has 0 unspecified atom stereocenters. The smallest absolute Gasteiger partial charge is 0.276 e. The van der Waals surface area contributed by atoms with Crippen LogP contribution in [0.25, 0.3) is 34.2 Å². The number of amides is 1. The predicted molar refractivity (Wildman–Crippen MR) is 107 cm³/mol. The van der Waals surface area contributed by atoms with Crippen LogP contribution in [0.3, 0.4) is 0 Å². The summed E-state index contributed by atoms with van der Waals surface area (Å²) in [4.78, 5) is 15.1. The van der Waals surface area contributed by atoms with Gasteiger partial charge in [0.1, 0.15) is 11.4 Å². The average Bonchev–Trinajstić information content (AvgIpc) is 3.36. The van der Waals surface area contributed by atoms with E-state index in [1.807, 2.05) is 0 Å². The Morgan fingerprint density at radius 2 is 1.93 bits per heavy atom. The van der Waals surface area contributed by atoms with Crippen molar-refractivity contribution in [2.45, 2.75) is 0 Å². The van der Waals surface area contributed by atoms with Gasteiger partial charge in [-0.15, -0.1) is 0 Å². The summed E-state index contributed by atoms with van der Waals surface area (Å²) < 4.78 is 10.6. The average molecular weight is 430 g/mol. The molecule has 0 bridgehead atoms.